The summed E-state index contributed by atoms with van der Waals surface area (Å²) in [4.78, 5) is 30.2. The van der Waals surface area contributed by atoms with Crippen molar-refractivity contribution >= 4 is 11.8 Å². The Morgan fingerprint density at radius 3 is 2.52 bits per heavy atom. The number of hydrogen-bond donors (Lipinski definition) is 0. The van der Waals surface area contributed by atoms with E-state index in [2.05, 4.69) is 6.58 Å². The minimum Gasteiger partial charge on any atom is -0.490 e. The minimum absolute atomic E-state index is 0.0119. The van der Waals surface area contributed by atoms with Crippen molar-refractivity contribution in [3.8, 4) is 5.75 Å². The monoisotopic (exact) mass is 446 g/mol. The molecule has 1 atom stereocenters. The molecule has 33 heavy (non-hydrogen) atoms. The molecule has 2 aliphatic heterocycles. The van der Waals surface area contributed by atoms with E-state index < -0.39 is 23.2 Å². The number of hydrogen-bond acceptors (Lipinski definition) is 3. The number of ether oxygens (including phenoxy) is 1. The molecule has 3 aromatic carbocycles. The molecule has 0 bridgehead atoms. The van der Waals surface area contributed by atoms with E-state index in [0.717, 1.165) is 12.1 Å². The van der Waals surface area contributed by atoms with Crippen molar-refractivity contribution in [3.05, 3.63) is 113 Å². The third kappa shape index (κ3) is 3.03. The Bertz CT molecular complexity index is 1270. The van der Waals surface area contributed by atoms with Crippen molar-refractivity contribution < 1.29 is 23.1 Å². The van der Waals surface area contributed by atoms with Crippen molar-refractivity contribution in [2.45, 2.75) is 5.66 Å². The molecule has 2 aliphatic rings. The van der Waals surface area contributed by atoms with Crippen LogP contribution in [0.3, 0.4) is 0 Å². The first-order valence-electron chi connectivity index (χ1n) is 10.5. The first kappa shape index (κ1) is 20.9. The summed E-state index contributed by atoms with van der Waals surface area (Å²) in [5.41, 5.74) is 0.681. The Morgan fingerprint density at radius 1 is 1.03 bits per heavy atom. The predicted molar refractivity (Wildman–Crippen MR) is 118 cm³/mol. The van der Waals surface area contributed by atoms with Gasteiger partial charge >= 0.3 is 0 Å². The zero-order valence-corrected chi connectivity index (χ0v) is 17.6. The van der Waals surface area contributed by atoms with Crippen LogP contribution in [0.15, 0.2) is 79.4 Å². The summed E-state index contributed by atoms with van der Waals surface area (Å²) in [6.07, 6.45) is 1.64. The zero-order chi connectivity index (χ0) is 23.2. The third-order valence-corrected chi connectivity index (χ3v) is 6.14. The van der Waals surface area contributed by atoms with Gasteiger partial charge in [0.2, 0.25) is 0 Å². The molecule has 5 rings (SSSR count). The molecule has 2 amide bonds. The average molecular weight is 446 g/mol. The maximum Gasteiger partial charge on any atom is 0.256 e. The summed E-state index contributed by atoms with van der Waals surface area (Å²) in [6, 6.07) is 17.4. The van der Waals surface area contributed by atoms with E-state index in [4.69, 9.17) is 4.74 Å². The molecule has 0 spiro atoms. The summed E-state index contributed by atoms with van der Waals surface area (Å²) in [5, 5.41) is 0. The van der Waals surface area contributed by atoms with Crippen LogP contribution in [0.1, 0.15) is 31.8 Å². The summed E-state index contributed by atoms with van der Waals surface area (Å²) < 4.78 is 33.0. The second-order valence-electron chi connectivity index (χ2n) is 7.88. The van der Waals surface area contributed by atoms with Gasteiger partial charge in [-0.3, -0.25) is 9.59 Å². The molecule has 2 heterocycles. The van der Waals surface area contributed by atoms with Crippen LogP contribution in [-0.4, -0.2) is 41.3 Å². The lowest BCUT2D eigenvalue weighted by Gasteiger charge is -2.40. The zero-order valence-electron chi connectivity index (χ0n) is 17.6. The van der Waals surface area contributed by atoms with Gasteiger partial charge in [-0.15, -0.1) is 0 Å². The summed E-state index contributed by atoms with van der Waals surface area (Å²) in [6.45, 7) is 4.53. The van der Waals surface area contributed by atoms with E-state index in [0.29, 0.717) is 35.6 Å². The van der Waals surface area contributed by atoms with E-state index >= 15 is 0 Å². The van der Waals surface area contributed by atoms with Gasteiger partial charge in [-0.2, -0.15) is 0 Å². The third-order valence-electron chi connectivity index (χ3n) is 6.14. The first-order chi connectivity index (χ1) is 16.0. The van der Waals surface area contributed by atoms with Crippen LogP contribution in [-0.2, 0) is 5.66 Å². The highest BCUT2D eigenvalue weighted by atomic mass is 19.2. The molecule has 1 saturated heterocycles. The second-order valence-corrected chi connectivity index (χ2v) is 7.88. The lowest BCUT2D eigenvalue weighted by molar-refractivity contribution is 0.0374. The summed E-state index contributed by atoms with van der Waals surface area (Å²) in [5.74, 6) is -2.18. The van der Waals surface area contributed by atoms with Crippen molar-refractivity contribution in [2.24, 2.45) is 0 Å². The molecule has 0 N–H and O–H groups in total. The number of benzene rings is 3. The van der Waals surface area contributed by atoms with Crippen molar-refractivity contribution in [3.63, 3.8) is 0 Å². The van der Waals surface area contributed by atoms with Crippen molar-refractivity contribution in [1.82, 2.24) is 9.80 Å². The van der Waals surface area contributed by atoms with E-state index in [1.807, 2.05) is 24.3 Å². The van der Waals surface area contributed by atoms with Gasteiger partial charge in [-0.1, -0.05) is 43.0 Å². The lowest BCUT2D eigenvalue weighted by Crippen LogP contribution is -2.51. The van der Waals surface area contributed by atoms with Gasteiger partial charge in [0.1, 0.15) is 12.4 Å². The lowest BCUT2D eigenvalue weighted by atomic mass is 9.89. The maximum atomic E-state index is 13.9. The molecular weight excluding hydrogens is 426 g/mol. The molecule has 7 heteroatoms. The number of halogens is 2. The number of fused-ring (bicyclic) bond motifs is 3. The number of carbonyl (C=O) groups excluding carboxylic acids is 2. The molecule has 0 radical (unpaired) electrons. The van der Waals surface area contributed by atoms with E-state index in [-0.39, 0.29) is 18.0 Å². The highest BCUT2D eigenvalue weighted by Gasteiger charge is 2.59. The molecule has 0 aromatic heterocycles. The SMILES string of the molecule is C=CCOc1ccc(C23c4ccccc4C(=O)N2CCN3C(=O)c2ccc(F)c(F)c2)cc1. The Morgan fingerprint density at radius 2 is 1.79 bits per heavy atom. The molecular formula is C26H20F2N2O3. The van der Waals surface area contributed by atoms with Crippen LogP contribution < -0.4 is 4.74 Å². The van der Waals surface area contributed by atoms with Crippen LogP contribution in [0.5, 0.6) is 5.75 Å². The number of rotatable bonds is 5. The Kier molecular flexibility index (Phi) is 4.96. The van der Waals surface area contributed by atoms with Crippen LogP contribution >= 0.6 is 0 Å². The van der Waals surface area contributed by atoms with Gasteiger partial charge in [-0.05, 0) is 36.4 Å². The largest absolute Gasteiger partial charge is 0.490 e. The average Bonchev–Trinajstić information content (AvgIpc) is 3.35. The maximum absolute atomic E-state index is 13.9. The van der Waals surface area contributed by atoms with E-state index in [9.17, 15) is 18.4 Å². The normalized spacial score (nSPS) is 18.8. The van der Waals surface area contributed by atoms with Gasteiger partial charge in [0.05, 0.1) is 0 Å². The van der Waals surface area contributed by atoms with Gasteiger partial charge in [0.25, 0.3) is 11.8 Å². The first-order valence-corrected chi connectivity index (χ1v) is 10.5. The molecule has 3 aromatic rings. The van der Waals surface area contributed by atoms with Gasteiger partial charge < -0.3 is 14.5 Å². The second kappa shape index (κ2) is 7.85. The van der Waals surface area contributed by atoms with E-state index in [1.165, 1.54) is 6.07 Å². The molecule has 0 saturated carbocycles. The van der Waals surface area contributed by atoms with Crippen molar-refractivity contribution in [1.29, 1.82) is 0 Å². The molecule has 1 unspecified atom stereocenters. The molecule has 1 fully saturated rings. The Balaban J connectivity index is 1.67. The van der Waals surface area contributed by atoms with Crippen LogP contribution in [0.4, 0.5) is 8.78 Å². The highest BCUT2D eigenvalue weighted by Crippen LogP contribution is 2.50. The number of amides is 2. The quantitative estimate of drug-likeness (QED) is 0.548. The molecule has 166 valence electrons. The summed E-state index contributed by atoms with van der Waals surface area (Å²) in [7, 11) is 0. The smallest absolute Gasteiger partial charge is 0.256 e. The standard InChI is InChI=1S/C26H20F2N2O3/c1-2-15-33-19-10-8-18(9-11-19)26-21-6-4-3-5-20(21)25(32)30(26)14-13-29(26)24(31)17-7-12-22(27)23(28)16-17/h2-12,16H,1,13-15H2. The van der Waals surface area contributed by atoms with Crippen LogP contribution in [0.2, 0.25) is 0 Å². The fraction of sp³-hybridized carbons (Fsp3) is 0.154. The fourth-order valence-corrected chi connectivity index (χ4v) is 4.77. The molecule has 5 nitrogen and oxygen atoms in total. The van der Waals surface area contributed by atoms with Crippen molar-refractivity contribution in [2.75, 3.05) is 19.7 Å². The topological polar surface area (TPSA) is 49.9 Å². The summed E-state index contributed by atoms with van der Waals surface area (Å²) >= 11 is 0. The van der Waals surface area contributed by atoms with Gasteiger partial charge in [-0.25, -0.2) is 8.78 Å². The Hall–Kier alpha value is -4.00. The van der Waals surface area contributed by atoms with Gasteiger partial charge in [0.15, 0.2) is 17.3 Å². The number of nitrogens with zero attached hydrogens (tertiary/aromatic N) is 2. The predicted octanol–water partition coefficient (Wildman–Crippen LogP) is 4.34. The number of carbonyl (C=O) groups is 2. The fourth-order valence-electron chi connectivity index (χ4n) is 4.77. The van der Waals surface area contributed by atoms with Crippen LogP contribution in [0.25, 0.3) is 0 Å². The Labute approximate surface area is 189 Å². The highest BCUT2D eigenvalue weighted by molar-refractivity contribution is 6.03. The minimum atomic E-state index is -1.20. The molecule has 0 aliphatic carbocycles. The van der Waals surface area contributed by atoms with E-state index in [1.54, 1.807) is 40.1 Å². The van der Waals surface area contributed by atoms with Crippen LogP contribution in [0, 0.1) is 11.6 Å². The van der Waals surface area contributed by atoms with Gasteiger partial charge in [0, 0.05) is 35.3 Å².